The first-order valence-corrected chi connectivity index (χ1v) is 7.67. The summed E-state index contributed by atoms with van der Waals surface area (Å²) < 4.78 is 11.3. The molecule has 1 aromatic rings. The summed E-state index contributed by atoms with van der Waals surface area (Å²) in [6.07, 6.45) is 6.44. The zero-order valence-electron chi connectivity index (χ0n) is 12.7. The van der Waals surface area contributed by atoms with E-state index in [1.807, 2.05) is 0 Å². The third-order valence-corrected chi connectivity index (χ3v) is 5.01. The lowest BCUT2D eigenvalue weighted by molar-refractivity contribution is -0.0740. The third kappa shape index (κ3) is 2.49. The molecule has 0 radical (unpaired) electrons. The molecule has 1 aliphatic carbocycles. The van der Waals surface area contributed by atoms with Gasteiger partial charge in [-0.15, -0.1) is 0 Å². The van der Waals surface area contributed by atoms with Gasteiger partial charge in [0.25, 0.3) is 0 Å². The number of hydrogen-bond acceptors (Lipinski definition) is 5. The van der Waals surface area contributed by atoms with Crippen LogP contribution in [0.25, 0.3) is 0 Å². The molecule has 1 unspecified atom stereocenters. The summed E-state index contributed by atoms with van der Waals surface area (Å²) in [5.41, 5.74) is 0.0392. The van der Waals surface area contributed by atoms with Gasteiger partial charge in [0.15, 0.2) is 0 Å². The molecule has 1 aliphatic heterocycles. The molecular weight excluding hydrogens is 254 g/mol. The Morgan fingerprint density at radius 1 is 1.25 bits per heavy atom. The first-order valence-electron chi connectivity index (χ1n) is 7.67. The van der Waals surface area contributed by atoms with Gasteiger partial charge in [-0.2, -0.15) is 4.98 Å². The predicted molar refractivity (Wildman–Crippen MR) is 75.2 cm³/mol. The second kappa shape index (κ2) is 5.11. The van der Waals surface area contributed by atoms with E-state index in [1.54, 1.807) is 7.11 Å². The molecule has 0 spiro atoms. The van der Waals surface area contributed by atoms with E-state index in [2.05, 4.69) is 29.3 Å². The predicted octanol–water partition coefficient (Wildman–Crippen LogP) is 2.94. The highest BCUT2D eigenvalue weighted by Crippen LogP contribution is 2.46. The zero-order valence-corrected chi connectivity index (χ0v) is 12.7. The normalized spacial score (nSPS) is 28.6. The van der Waals surface area contributed by atoms with Crippen molar-refractivity contribution in [3.05, 3.63) is 11.7 Å². The van der Waals surface area contributed by atoms with Gasteiger partial charge in [0, 0.05) is 7.11 Å². The Morgan fingerprint density at radius 2 is 2.00 bits per heavy atom. The van der Waals surface area contributed by atoms with E-state index >= 15 is 0 Å². The molecular formula is C15H25N3O2. The number of aromatic nitrogens is 2. The smallest absolute Gasteiger partial charge is 0.243 e. The van der Waals surface area contributed by atoms with Crippen molar-refractivity contribution in [3.63, 3.8) is 0 Å². The van der Waals surface area contributed by atoms with E-state index in [0.717, 1.165) is 50.4 Å². The summed E-state index contributed by atoms with van der Waals surface area (Å²) in [5, 5.41) is 7.62. The Morgan fingerprint density at radius 3 is 2.60 bits per heavy atom. The molecule has 1 N–H and O–H groups in total. The fraction of sp³-hybridized carbons (Fsp3) is 0.867. The van der Waals surface area contributed by atoms with Crippen molar-refractivity contribution >= 4 is 0 Å². The molecule has 0 bridgehead atoms. The quantitative estimate of drug-likeness (QED) is 0.921. The minimum absolute atomic E-state index is 0.227. The van der Waals surface area contributed by atoms with Crippen molar-refractivity contribution in [2.45, 2.75) is 64.0 Å². The van der Waals surface area contributed by atoms with E-state index in [1.165, 1.54) is 6.42 Å². The molecule has 1 aromatic heterocycles. The standard InChI is InChI=1S/C15H25N3O2/c1-14(2)6-8-15(19-3,9-7-14)13-17-12(20-18-13)11-5-4-10-16-11/h11,16H,4-10H2,1-3H3. The highest BCUT2D eigenvalue weighted by atomic mass is 16.5. The first kappa shape index (κ1) is 14.0. The van der Waals surface area contributed by atoms with Crippen LogP contribution in [0.2, 0.25) is 0 Å². The maximum atomic E-state index is 5.83. The van der Waals surface area contributed by atoms with Crippen molar-refractivity contribution in [2.75, 3.05) is 13.7 Å². The largest absolute Gasteiger partial charge is 0.370 e. The SMILES string of the molecule is COC1(c2noc(C3CCCN3)n2)CCC(C)(C)CC1. The summed E-state index contributed by atoms with van der Waals surface area (Å²) in [5.74, 6) is 1.46. The molecule has 5 heteroatoms. The Balaban J connectivity index is 1.79. The fourth-order valence-corrected chi connectivity index (χ4v) is 3.31. The Kier molecular flexibility index (Phi) is 3.58. The number of methoxy groups -OCH3 is 1. The van der Waals surface area contributed by atoms with Gasteiger partial charge in [0.1, 0.15) is 5.60 Å². The summed E-state index contributed by atoms with van der Waals surface area (Å²) in [4.78, 5) is 4.64. The minimum atomic E-state index is -0.351. The number of ether oxygens (including phenoxy) is 1. The van der Waals surface area contributed by atoms with Crippen LogP contribution in [-0.2, 0) is 10.3 Å². The number of rotatable bonds is 3. The molecule has 1 atom stereocenters. The van der Waals surface area contributed by atoms with Gasteiger partial charge in [-0.05, 0) is 50.5 Å². The molecule has 0 aromatic carbocycles. The molecule has 2 fully saturated rings. The monoisotopic (exact) mass is 279 g/mol. The molecule has 2 aliphatic rings. The summed E-state index contributed by atoms with van der Waals surface area (Å²) in [7, 11) is 1.77. The van der Waals surface area contributed by atoms with Gasteiger partial charge in [-0.25, -0.2) is 0 Å². The molecule has 20 heavy (non-hydrogen) atoms. The zero-order chi connectivity index (χ0) is 14.2. The van der Waals surface area contributed by atoms with E-state index < -0.39 is 0 Å². The Labute approximate surface area is 120 Å². The van der Waals surface area contributed by atoms with E-state index in [-0.39, 0.29) is 11.6 Å². The van der Waals surface area contributed by atoms with E-state index in [0.29, 0.717) is 5.41 Å². The lowest BCUT2D eigenvalue weighted by Crippen LogP contribution is -2.37. The lowest BCUT2D eigenvalue weighted by Gasteiger charge is -2.40. The highest BCUT2D eigenvalue weighted by molar-refractivity contribution is 5.07. The van der Waals surface area contributed by atoms with Crippen LogP contribution in [0.4, 0.5) is 0 Å². The summed E-state index contributed by atoms with van der Waals surface area (Å²) >= 11 is 0. The van der Waals surface area contributed by atoms with Crippen LogP contribution in [0, 0.1) is 5.41 Å². The van der Waals surface area contributed by atoms with Crippen molar-refractivity contribution in [1.29, 1.82) is 0 Å². The molecule has 0 amide bonds. The Bertz CT molecular complexity index is 453. The van der Waals surface area contributed by atoms with Crippen LogP contribution in [0.5, 0.6) is 0 Å². The van der Waals surface area contributed by atoms with Crippen molar-refractivity contribution in [1.82, 2.24) is 15.5 Å². The van der Waals surface area contributed by atoms with Crippen molar-refractivity contribution in [3.8, 4) is 0 Å². The van der Waals surface area contributed by atoms with Crippen LogP contribution >= 0.6 is 0 Å². The van der Waals surface area contributed by atoms with Gasteiger partial charge in [-0.1, -0.05) is 19.0 Å². The molecule has 1 saturated heterocycles. The lowest BCUT2D eigenvalue weighted by atomic mass is 9.70. The second-order valence-corrected chi connectivity index (χ2v) is 6.97. The topological polar surface area (TPSA) is 60.2 Å². The van der Waals surface area contributed by atoms with Gasteiger partial charge in [-0.3, -0.25) is 0 Å². The number of nitrogens with one attached hydrogen (secondary N) is 1. The van der Waals surface area contributed by atoms with Gasteiger partial charge in [0.05, 0.1) is 6.04 Å². The van der Waals surface area contributed by atoms with Gasteiger partial charge >= 0.3 is 0 Å². The van der Waals surface area contributed by atoms with Crippen LogP contribution < -0.4 is 5.32 Å². The third-order valence-electron chi connectivity index (χ3n) is 5.01. The molecule has 112 valence electrons. The van der Waals surface area contributed by atoms with Gasteiger partial charge < -0.3 is 14.6 Å². The highest BCUT2D eigenvalue weighted by Gasteiger charge is 2.43. The Hall–Kier alpha value is -0.940. The molecule has 2 heterocycles. The van der Waals surface area contributed by atoms with Crippen molar-refractivity contribution < 1.29 is 9.26 Å². The maximum absolute atomic E-state index is 5.83. The molecule has 5 nitrogen and oxygen atoms in total. The van der Waals surface area contributed by atoms with Crippen molar-refractivity contribution in [2.24, 2.45) is 5.41 Å². The minimum Gasteiger partial charge on any atom is -0.370 e. The average molecular weight is 279 g/mol. The first-order chi connectivity index (χ1) is 9.55. The number of nitrogens with zero attached hydrogens (tertiary/aromatic N) is 2. The fourth-order valence-electron chi connectivity index (χ4n) is 3.31. The van der Waals surface area contributed by atoms with Crippen LogP contribution in [0.1, 0.15) is 70.1 Å². The molecule has 1 saturated carbocycles. The van der Waals surface area contributed by atoms with Crippen LogP contribution in [0.15, 0.2) is 4.52 Å². The maximum Gasteiger partial charge on any atom is 0.243 e. The average Bonchev–Trinajstić information content (AvgIpc) is 3.10. The number of hydrogen-bond donors (Lipinski definition) is 1. The van der Waals surface area contributed by atoms with Crippen LogP contribution in [-0.4, -0.2) is 23.8 Å². The summed E-state index contributed by atoms with van der Waals surface area (Å²) in [6.45, 7) is 5.67. The van der Waals surface area contributed by atoms with Gasteiger partial charge in [0.2, 0.25) is 11.7 Å². The van der Waals surface area contributed by atoms with E-state index in [9.17, 15) is 0 Å². The van der Waals surface area contributed by atoms with Crippen LogP contribution in [0.3, 0.4) is 0 Å². The second-order valence-electron chi connectivity index (χ2n) is 6.97. The van der Waals surface area contributed by atoms with E-state index in [4.69, 9.17) is 9.26 Å². The summed E-state index contributed by atoms with van der Waals surface area (Å²) in [6, 6.07) is 0.227. The molecule has 3 rings (SSSR count).